The third-order valence-electron chi connectivity index (χ3n) is 4.56. The van der Waals surface area contributed by atoms with Gasteiger partial charge in [0, 0.05) is 11.3 Å². The van der Waals surface area contributed by atoms with Crippen molar-refractivity contribution >= 4 is 17.6 Å². The highest BCUT2D eigenvalue weighted by Crippen LogP contribution is 2.24. The van der Waals surface area contributed by atoms with Gasteiger partial charge in [0.1, 0.15) is 0 Å². The summed E-state index contributed by atoms with van der Waals surface area (Å²) in [6.07, 6.45) is 0.664. The predicted octanol–water partition coefficient (Wildman–Crippen LogP) is 4.81. The largest absolute Gasteiger partial charge is 0.459 e. The molecule has 0 aliphatic carbocycles. The molecule has 0 aliphatic rings. The molecule has 8 heteroatoms. The SMILES string of the molecule is Cc1ccc(C(=O)O[C@H](C)c2nnc(-c3ccccc3)o2)cc1NC(=O)c1ccco1. The second-order valence-corrected chi connectivity index (χ2v) is 6.82. The van der Waals surface area contributed by atoms with E-state index in [9.17, 15) is 9.59 Å². The number of furan rings is 1. The number of anilines is 1. The lowest BCUT2D eigenvalue weighted by Crippen LogP contribution is -2.14. The van der Waals surface area contributed by atoms with Crippen molar-refractivity contribution in [1.82, 2.24) is 10.2 Å². The smallest absolute Gasteiger partial charge is 0.338 e. The Bertz CT molecular complexity index is 1200. The van der Waals surface area contributed by atoms with Crippen LogP contribution in [0.5, 0.6) is 0 Å². The molecule has 0 aliphatic heterocycles. The van der Waals surface area contributed by atoms with Gasteiger partial charge >= 0.3 is 5.97 Å². The molecular formula is C23H19N3O5. The average molecular weight is 417 g/mol. The molecule has 0 saturated heterocycles. The first-order chi connectivity index (χ1) is 15.0. The van der Waals surface area contributed by atoms with Gasteiger partial charge in [0.2, 0.25) is 5.89 Å². The van der Waals surface area contributed by atoms with Crippen molar-refractivity contribution in [3.05, 3.63) is 89.7 Å². The van der Waals surface area contributed by atoms with E-state index in [-0.39, 0.29) is 17.2 Å². The van der Waals surface area contributed by atoms with Gasteiger partial charge in [0.25, 0.3) is 11.8 Å². The Morgan fingerprint density at radius 1 is 1.03 bits per heavy atom. The number of carbonyl (C=O) groups is 2. The van der Waals surface area contributed by atoms with Crippen LogP contribution >= 0.6 is 0 Å². The number of rotatable bonds is 6. The van der Waals surface area contributed by atoms with E-state index < -0.39 is 18.0 Å². The first-order valence-electron chi connectivity index (χ1n) is 9.56. The standard InChI is InChI=1S/C23H19N3O5/c1-14-10-11-17(13-18(14)24-20(27)19-9-6-12-29-19)23(28)30-15(2)21-25-26-22(31-21)16-7-4-3-5-8-16/h3-13,15H,1-2H3,(H,24,27)/t15-/m1/s1. The molecule has 0 bridgehead atoms. The Balaban J connectivity index is 1.46. The lowest BCUT2D eigenvalue weighted by molar-refractivity contribution is 0.0280. The fraction of sp³-hybridized carbons (Fsp3) is 0.130. The van der Waals surface area contributed by atoms with Crippen molar-refractivity contribution in [3.63, 3.8) is 0 Å². The van der Waals surface area contributed by atoms with Crippen molar-refractivity contribution in [2.24, 2.45) is 0 Å². The summed E-state index contributed by atoms with van der Waals surface area (Å²) in [6.45, 7) is 3.47. The normalized spacial score (nSPS) is 11.7. The number of aryl methyl sites for hydroxylation is 1. The quantitative estimate of drug-likeness (QED) is 0.449. The van der Waals surface area contributed by atoms with Gasteiger partial charge in [-0.05, 0) is 55.8 Å². The Hall–Kier alpha value is -4.20. The molecule has 156 valence electrons. The highest BCUT2D eigenvalue weighted by atomic mass is 16.6. The van der Waals surface area contributed by atoms with Gasteiger partial charge < -0.3 is 18.9 Å². The third kappa shape index (κ3) is 4.53. The first kappa shape index (κ1) is 20.1. The maximum Gasteiger partial charge on any atom is 0.338 e. The van der Waals surface area contributed by atoms with Crippen LogP contribution in [0.15, 0.2) is 75.8 Å². The van der Waals surface area contributed by atoms with Crippen molar-refractivity contribution in [1.29, 1.82) is 0 Å². The summed E-state index contributed by atoms with van der Waals surface area (Å²) in [4.78, 5) is 24.9. The highest BCUT2D eigenvalue weighted by Gasteiger charge is 2.21. The van der Waals surface area contributed by atoms with Crippen molar-refractivity contribution in [2.75, 3.05) is 5.32 Å². The molecular weight excluding hydrogens is 398 g/mol. The average Bonchev–Trinajstić information content (AvgIpc) is 3.48. The fourth-order valence-corrected chi connectivity index (χ4v) is 2.85. The Kier molecular flexibility index (Phi) is 5.61. The molecule has 1 amide bonds. The Morgan fingerprint density at radius 3 is 2.58 bits per heavy atom. The number of amides is 1. The maximum atomic E-state index is 12.6. The minimum absolute atomic E-state index is 0.173. The zero-order valence-electron chi connectivity index (χ0n) is 16.9. The van der Waals surface area contributed by atoms with Crippen LogP contribution in [0.2, 0.25) is 0 Å². The Labute approximate surface area is 177 Å². The van der Waals surface area contributed by atoms with E-state index in [1.54, 1.807) is 37.3 Å². The van der Waals surface area contributed by atoms with Gasteiger partial charge in [-0.1, -0.05) is 24.3 Å². The van der Waals surface area contributed by atoms with E-state index in [4.69, 9.17) is 13.6 Å². The van der Waals surface area contributed by atoms with Crippen LogP contribution in [0.4, 0.5) is 5.69 Å². The lowest BCUT2D eigenvalue weighted by atomic mass is 10.1. The van der Waals surface area contributed by atoms with Crippen molar-refractivity contribution in [3.8, 4) is 11.5 Å². The number of nitrogens with zero attached hydrogens (tertiary/aromatic N) is 2. The summed E-state index contributed by atoms with van der Waals surface area (Å²) in [5.74, 6) is -0.291. The molecule has 1 N–H and O–H groups in total. The molecule has 2 aromatic heterocycles. The van der Waals surface area contributed by atoms with E-state index in [1.807, 2.05) is 37.3 Å². The summed E-state index contributed by atoms with van der Waals surface area (Å²) in [6, 6.07) is 17.4. The topological polar surface area (TPSA) is 107 Å². The van der Waals surface area contributed by atoms with Crippen LogP contribution in [0.1, 0.15) is 45.4 Å². The molecule has 4 rings (SSSR count). The monoisotopic (exact) mass is 417 g/mol. The number of ether oxygens (including phenoxy) is 1. The lowest BCUT2D eigenvalue weighted by Gasteiger charge is -2.12. The summed E-state index contributed by atoms with van der Waals surface area (Å²) >= 11 is 0. The predicted molar refractivity (Wildman–Crippen MR) is 111 cm³/mol. The molecule has 0 unspecified atom stereocenters. The zero-order chi connectivity index (χ0) is 21.8. The highest BCUT2D eigenvalue weighted by molar-refractivity contribution is 6.03. The van der Waals surface area contributed by atoms with E-state index >= 15 is 0 Å². The van der Waals surface area contributed by atoms with Gasteiger partial charge in [-0.2, -0.15) is 0 Å². The number of hydrogen-bond acceptors (Lipinski definition) is 7. The minimum Gasteiger partial charge on any atom is -0.459 e. The number of aromatic nitrogens is 2. The zero-order valence-corrected chi connectivity index (χ0v) is 16.9. The summed E-state index contributed by atoms with van der Waals surface area (Å²) in [5, 5.41) is 10.7. The molecule has 2 heterocycles. The molecule has 1 atom stereocenters. The van der Waals surface area contributed by atoms with Gasteiger partial charge in [-0.25, -0.2) is 4.79 Å². The van der Waals surface area contributed by atoms with E-state index in [1.165, 1.54) is 6.26 Å². The van der Waals surface area contributed by atoms with Crippen LogP contribution in [-0.4, -0.2) is 22.1 Å². The summed E-state index contributed by atoms with van der Waals surface area (Å²) < 4.78 is 16.2. The number of nitrogens with one attached hydrogen (secondary N) is 1. The number of hydrogen-bond donors (Lipinski definition) is 1. The van der Waals surface area contributed by atoms with E-state index in [2.05, 4.69) is 15.5 Å². The molecule has 4 aromatic rings. The number of esters is 1. The Morgan fingerprint density at radius 2 is 1.84 bits per heavy atom. The van der Waals surface area contributed by atoms with Gasteiger partial charge in [-0.3, -0.25) is 4.79 Å². The molecule has 0 fully saturated rings. The molecule has 0 saturated carbocycles. The summed E-state index contributed by atoms with van der Waals surface area (Å²) in [5.41, 5.74) is 2.31. The van der Waals surface area contributed by atoms with Gasteiger partial charge in [0.15, 0.2) is 11.9 Å². The molecule has 0 radical (unpaired) electrons. The minimum atomic E-state index is -0.750. The third-order valence-corrected chi connectivity index (χ3v) is 4.56. The van der Waals surface area contributed by atoms with Gasteiger partial charge in [0.05, 0.1) is 11.8 Å². The first-order valence-corrected chi connectivity index (χ1v) is 9.56. The van der Waals surface area contributed by atoms with Crippen LogP contribution in [0.25, 0.3) is 11.5 Å². The van der Waals surface area contributed by atoms with Crippen LogP contribution < -0.4 is 5.32 Å². The van der Waals surface area contributed by atoms with Crippen LogP contribution in [-0.2, 0) is 4.74 Å². The van der Waals surface area contributed by atoms with Crippen LogP contribution in [0.3, 0.4) is 0 Å². The molecule has 31 heavy (non-hydrogen) atoms. The second kappa shape index (κ2) is 8.66. The number of carbonyl (C=O) groups excluding carboxylic acids is 2. The van der Waals surface area contributed by atoms with E-state index in [0.29, 0.717) is 11.6 Å². The van der Waals surface area contributed by atoms with Crippen LogP contribution in [0, 0.1) is 6.92 Å². The van der Waals surface area contributed by atoms with Gasteiger partial charge in [-0.15, -0.1) is 10.2 Å². The molecule has 0 spiro atoms. The summed E-state index contributed by atoms with van der Waals surface area (Å²) in [7, 11) is 0. The van der Waals surface area contributed by atoms with Crippen molar-refractivity contribution in [2.45, 2.75) is 20.0 Å². The number of benzene rings is 2. The maximum absolute atomic E-state index is 12.6. The fourth-order valence-electron chi connectivity index (χ4n) is 2.85. The molecule has 2 aromatic carbocycles. The second-order valence-electron chi connectivity index (χ2n) is 6.82. The molecule has 8 nitrogen and oxygen atoms in total. The van der Waals surface area contributed by atoms with E-state index in [0.717, 1.165) is 11.1 Å². The van der Waals surface area contributed by atoms with Crippen molar-refractivity contribution < 1.29 is 23.2 Å².